The molecule has 0 saturated carbocycles. The summed E-state index contributed by atoms with van der Waals surface area (Å²) in [6.45, 7) is 8.11. The number of nitrogens with one attached hydrogen (secondary N) is 1. The SMILES string of the molecule is CC.CCCSCC(C)C(=O)NC. The zero-order chi connectivity index (χ0) is 10.7. The molecular formula is C10H23NOS. The van der Waals surface area contributed by atoms with E-state index in [9.17, 15) is 4.79 Å². The molecule has 0 aliphatic carbocycles. The first kappa shape index (κ1) is 15.3. The van der Waals surface area contributed by atoms with Gasteiger partial charge in [-0.2, -0.15) is 11.8 Å². The zero-order valence-corrected chi connectivity index (χ0v) is 10.3. The van der Waals surface area contributed by atoms with Crippen LogP contribution in [0.1, 0.15) is 34.1 Å². The lowest BCUT2D eigenvalue weighted by atomic mass is 10.2. The summed E-state index contributed by atoms with van der Waals surface area (Å²) in [6.07, 6.45) is 1.19. The Kier molecular flexibility index (Phi) is 13.9. The second-order valence-electron chi connectivity index (χ2n) is 2.59. The second kappa shape index (κ2) is 11.8. The zero-order valence-electron chi connectivity index (χ0n) is 9.52. The Labute approximate surface area is 86.9 Å². The molecule has 1 amide bonds. The third kappa shape index (κ3) is 9.74. The molecule has 0 spiro atoms. The third-order valence-electron chi connectivity index (χ3n) is 1.41. The molecule has 1 unspecified atom stereocenters. The first-order valence-corrected chi connectivity index (χ1v) is 6.17. The predicted molar refractivity (Wildman–Crippen MR) is 62.2 cm³/mol. The van der Waals surface area contributed by atoms with Gasteiger partial charge in [0.05, 0.1) is 0 Å². The van der Waals surface area contributed by atoms with Crippen LogP contribution in [0.5, 0.6) is 0 Å². The second-order valence-corrected chi connectivity index (χ2v) is 3.74. The molecule has 2 nitrogen and oxygen atoms in total. The molecule has 0 aromatic heterocycles. The van der Waals surface area contributed by atoms with Gasteiger partial charge in [-0.15, -0.1) is 0 Å². The molecular weight excluding hydrogens is 182 g/mol. The van der Waals surface area contributed by atoms with Crippen LogP contribution in [-0.2, 0) is 4.79 Å². The quantitative estimate of drug-likeness (QED) is 0.699. The fourth-order valence-corrected chi connectivity index (χ4v) is 1.69. The van der Waals surface area contributed by atoms with Crippen molar-refractivity contribution < 1.29 is 4.79 Å². The van der Waals surface area contributed by atoms with Crippen LogP contribution in [0.4, 0.5) is 0 Å². The summed E-state index contributed by atoms with van der Waals surface area (Å²) >= 11 is 1.84. The van der Waals surface area contributed by atoms with Crippen LogP contribution in [0.15, 0.2) is 0 Å². The Morgan fingerprint density at radius 2 is 2.00 bits per heavy atom. The molecule has 0 fully saturated rings. The summed E-state index contributed by atoms with van der Waals surface area (Å²) in [5.41, 5.74) is 0. The first-order valence-electron chi connectivity index (χ1n) is 5.01. The number of thioether (sulfide) groups is 1. The van der Waals surface area contributed by atoms with E-state index in [-0.39, 0.29) is 11.8 Å². The number of carbonyl (C=O) groups excluding carboxylic acids is 1. The summed E-state index contributed by atoms with van der Waals surface area (Å²) in [7, 11) is 1.68. The van der Waals surface area contributed by atoms with Crippen LogP contribution in [0.25, 0.3) is 0 Å². The van der Waals surface area contributed by atoms with Crippen molar-refractivity contribution >= 4 is 17.7 Å². The van der Waals surface area contributed by atoms with Crippen LogP contribution < -0.4 is 5.32 Å². The molecule has 1 N–H and O–H groups in total. The maximum absolute atomic E-state index is 11.0. The maximum Gasteiger partial charge on any atom is 0.223 e. The molecule has 0 aliphatic heterocycles. The molecule has 0 saturated heterocycles. The summed E-state index contributed by atoms with van der Waals surface area (Å²) in [5.74, 6) is 2.39. The molecule has 0 rings (SSSR count). The van der Waals surface area contributed by atoms with E-state index in [4.69, 9.17) is 0 Å². The Balaban J connectivity index is 0. The average Bonchev–Trinajstić information content (AvgIpc) is 2.20. The number of hydrogen-bond acceptors (Lipinski definition) is 2. The van der Waals surface area contributed by atoms with Gasteiger partial charge in [0.15, 0.2) is 0 Å². The maximum atomic E-state index is 11.0. The van der Waals surface area contributed by atoms with Crippen molar-refractivity contribution in [3.05, 3.63) is 0 Å². The normalized spacial score (nSPS) is 11.2. The minimum Gasteiger partial charge on any atom is -0.359 e. The Bertz CT molecular complexity index is 117. The van der Waals surface area contributed by atoms with Crippen molar-refractivity contribution in [2.24, 2.45) is 5.92 Å². The predicted octanol–water partition coefficient (Wildman–Crippen LogP) is 2.54. The molecule has 0 aromatic rings. The Hall–Kier alpha value is -0.180. The van der Waals surface area contributed by atoms with Crippen molar-refractivity contribution in [1.29, 1.82) is 0 Å². The number of hydrogen-bond donors (Lipinski definition) is 1. The van der Waals surface area contributed by atoms with Crippen LogP contribution in [0, 0.1) is 5.92 Å². The van der Waals surface area contributed by atoms with E-state index in [1.165, 1.54) is 6.42 Å². The van der Waals surface area contributed by atoms with Gasteiger partial charge in [-0.05, 0) is 12.2 Å². The highest BCUT2D eigenvalue weighted by Crippen LogP contribution is 2.08. The van der Waals surface area contributed by atoms with Crippen LogP contribution >= 0.6 is 11.8 Å². The fraction of sp³-hybridized carbons (Fsp3) is 0.900. The van der Waals surface area contributed by atoms with Crippen LogP contribution in [0.3, 0.4) is 0 Å². The van der Waals surface area contributed by atoms with Gasteiger partial charge in [-0.3, -0.25) is 4.79 Å². The van der Waals surface area contributed by atoms with E-state index in [2.05, 4.69) is 12.2 Å². The standard InChI is InChI=1S/C8H17NOS.C2H6/c1-4-5-11-6-7(2)8(10)9-3;1-2/h7H,4-6H2,1-3H3,(H,9,10);1-2H3. The van der Waals surface area contributed by atoms with Crippen molar-refractivity contribution in [3.8, 4) is 0 Å². The molecule has 3 heteroatoms. The lowest BCUT2D eigenvalue weighted by Gasteiger charge is -2.07. The van der Waals surface area contributed by atoms with Crippen molar-refractivity contribution in [2.45, 2.75) is 34.1 Å². The summed E-state index contributed by atoms with van der Waals surface area (Å²) in [5, 5.41) is 2.64. The van der Waals surface area contributed by atoms with Crippen LogP contribution in [-0.4, -0.2) is 24.5 Å². The van der Waals surface area contributed by atoms with E-state index in [1.807, 2.05) is 32.5 Å². The molecule has 0 aromatic carbocycles. The molecule has 0 bridgehead atoms. The van der Waals surface area contributed by atoms with Gasteiger partial charge in [0.1, 0.15) is 0 Å². The van der Waals surface area contributed by atoms with Gasteiger partial charge >= 0.3 is 0 Å². The van der Waals surface area contributed by atoms with Gasteiger partial charge < -0.3 is 5.32 Å². The first-order chi connectivity index (χ1) is 6.22. The third-order valence-corrected chi connectivity index (χ3v) is 2.84. The topological polar surface area (TPSA) is 29.1 Å². The smallest absolute Gasteiger partial charge is 0.223 e. The number of rotatable bonds is 5. The van der Waals surface area contributed by atoms with Gasteiger partial charge in [-0.25, -0.2) is 0 Å². The minimum absolute atomic E-state index is 0.147. The highest BCUT2D eigenvalue weighted by molar-refractivity contribution is 7.99. The molecule has 0 aliphatic rings. The summed E-state index contributed by atoms with van der Waals surface area (Å²) in [6, 6.07) is 0. The molecule has 0 radical (unpaired) electrons. The van der Waals surface area contributed by atoms with Gasteiger partial charge in [0, 0.05) is 18.7 Å². The minimum atomic E-state index is 0.147. The highest BCUT2D eigenvalue weighted by Gasteiger charge is 2.09. The Morgan fingerprint density at radius 3 is 2.38 bits per heavy atom. The summed E-state index contributed by atoms with van der Waals surface area (Å²) < 4.78 is 0. The number of amides is 1. The molecule has 80 valence electrons. The van der Waals surface area contributed by atoms with Crippen LogP contribution in [0.2, 0.25) is 0 Å². The fourth-order valence-electron chi connectivity index (χ4n) is 0.727. The largest absolute Gasteiger partial charge is 0.359 e. The van der Waals surface area contributed by atoms with E-state index in [1.54, 1.807) is 7.05 Å². The Morgan fingerprint density at radius 1 is 1.46 bits per heavy atom. The molecule has 13 heavy (non-hydrogen) atoms. The molecule has 1 atom stereocenters. The van der Waals surface area contributed by atoms with E-state index >= 15 is 0 Å². The van der Waals surface area contributed by atoms with E-state index in [0.29, 0.717) is 0 Å². The lowest BCUT2D eigenvalue weighted by Crippen LogP contribution is -2.26. The lowest BCUT2D eigenvalue weighted by molar-refractivity contribution is -0.123. The van der Waals surface area contributed by atoms with Crippen molar-refractivity contribution in [2.75, 3.05) is 18.6 Å². The average molecular weight is 205 g/mol. The number of carbonyl (C=O) groups is 1. The van der Waals surface area contributed by atoms with Gasteiger partial charge in [0.2, 0.25) is 5.91 Å². The van der Waals surface area contributed by atoms with Crippen molar-refractivity contribution in [3.63, 3.8) is 0 Å². The van der Waals surface area contributed by atoms with Crippen molar-refractivity contribution in [1.82, 2.24) is 5.32 Å². The van der Waals surface area contributed by atoms with E-state index in [0.717, 1.165) is 11.5 Å². The highest BCUT2D eigenvalue weighted by atomic mass is 32.2. The van der Waals surface area contributed by atoms with E-state index < -0.39 is 0 Å². The molecule has 0 heterocycles. The monoisotopic (exact) mass is 205 g/mol. The summed E-state index contributed by atoms with van der Waals surface area (Å²) in [4.78, 5) is 11.0. The van der Waals surface area contributed by atoms with Gasteiger partial charge in [-0.1, -0.05) is 27.7 Å². The van der Waals surface area contributed by atoms with Gasteiger partial charge in [0.25, 0.3) is 0 Å².